The molecule has 4 nitrogen and oxygen atoms in total. The second-order valence-corrected chi connectivity index (χ2v) is 6.34. The van der Waals surface area contributed by atoms with Crippen molar-refractivity contribution in [2.45, 2.75) is 4.90 Å². The number of nitrogens with one attached hydrogen (secondary N) is 1. The van der Waals surface area contributed by atoms with Gasteiger partial charge in [-0.05, 0) is 31.3 Å². The molecule has 0 atom stereocenters. The number of nitrogens with zero attached hydrogens (tertiary/aromatic N) is 1. The summed E-state index contributed by atoms with van der Waals surface area (Å²) in [6.45, 7) is 1.08. The molecule has 0 saturated heterocycles. The average Bonchev–Trinajstić information content (AvgIpc) is 2.26. The molecule has 0 fully saturated rings. The van der Waals surface area contributed by atoms with E-state index in [0.717, 1.165) is 4.47 Å². The molecule has 7 heteroatoms. The molecule has 1 aromatic rings. The topological polar surface area (TPSA) is 49.4 Å². The van der Waals surface area contributed by atoms with Crippen LogP contribution in [0.2, 0.25) is 0 Å². The maximum Gasteiger partial charge on any atom is 0.242 e. The summed E-state index contributed by atoms with van der Waals surface area (Å²) in [6.07, 6.45) is 0. The van der Waals surface area contributed by atoms with E-state index in [1.165, 1.54) is 4.31 Å². The third kappa shape index (κ3) is 4.56. The number of benzene rings is 1. The lowest BCUT2D eigenvalue weighted by Gasteiger charge is -2.16. The third-order valence-electron chi connectivity index (χ3n) is 2.20. The predicted molar refractivity (Wildman–Crippen MR) is 75.1 cm³/mol. The zero-order valence-corrected chi connectivity index (χ0v) is 12.9. The van der Waals surface area contributed by atoms with Crippen LogP contribution in [0.4, 0.5) is 0 Å². The van der Waals surface area contributed by atoms with Crippen LogP contribution in [0.3, 0.4) is 0 Å². The Hall–Kier alpha value is -0.140. The fourth-order valence-corrected chi connectivity index (χ4v) is 2.61. The second-order valence-electron chi connectivity index (χ2n) is 3.38. The van der Waals surface area contributed by atoms with E-state index >= 15 is 0 Å². The summed E-state index contributed by atoms with van der Waals surface area (Å²) in [5.41, 5.74) is 0. The van der Waals surface area contributed by atoms with E-state index < -0.39 is 10.0 Å². The van der Waals surface area contributed by atoms with E-state index in [1.54, 1.807) is 38.4 Å². The SMILES string of the molecule is CNCCN(C)S(=O)(=O)c1ccc(Br)cc1.Cl. The molecular formula is C10H16BrClN2O2S. The summed E-state index contributed by atoms with van der Waals surface area (Å²) >= 11 is 3.27. The monoisotopic (exact) mass is 342 g/mol. The highest BCUT2D eigenvalue weighted by Gasteiger charge is 2.19. The van der Waals surface area contributed by atoms with Gasteiger partial charge in [-0.3, -0.25) is 0 Å². The summed E-state index contributed by atoms with van der Waals surface area (Å²) in [5.74, 6) is 0. The van der Waals surface area contributed by atoms with E-state index in [9.17, 15) is 8.42 Å². The maximum absolute atomic E-state index is 12.0. The molecule has 0 unspecified atom stereocenters. The van der Waals surface area contributed by atoms with Gasteiger partial charge < -0.3 is 5.32 Å². The van der Waals surface area contributed by atoms with Gasteiger partial charge in [0.15, 0.2) is 0 Å². The number of halogens is 2. The van der Waals surface area contributed by atoms with Crippen molar-refractivity contribution in [1.82, 2.24) is 9.62 Å². The van der Waals surface area contributed by atoms with Gasteiger partial charge in [-0.25, -0.2) is 8.42 Å². The predicted octanol–water partition coefficient (Wildman–Crippen LogP) is 1.71. The van der Waals surface area contributed by atoms with Crippen molar-refractivity contribution in [3.8, 4) is 0 Å². The van der Waals surface area contributed by atoms with E-state index in [2.05, 4.69) is 21.2 Å². The average molecular weight is 344 g/mol. The minimum absolute atomic E-state index is 0. The van der Waals surface area contributed by atoms with E-state index in [-0.39, 0.29) is 12.4 Å². The lowest BCUT2D eigenvalue weighted by atomic mass is 10.4. The molecule has 0 aliphatic rings. The molecule has 0 saturated carbocycles. The van der Waals surface area contributed by atoms with Crippen LogP contribution in [0.5, 0.6) is 0 Å². The number of hydrogen-bond donors (Lipinski definition) is 1. The van der Waals surface area contributed by atoms with Gasteiger partial charge in [-0.2, -0.15) is 4.31 Å². The number of likely N-dealkylation sites (N-methyl/N-ethyl adjacent to an activating group) is 2. The standard InChI is InChI=1S/C10H15BrN2O2S.ClH/c1-12-7-8-13(2)16(14,15)10-5-3-9(11)4-6-10;/h3-6,12H,7-8H2,1-2H3;1H. The van der Waals surface area contributed by atoms with E-state index in [4.69, 9.17) is 0 Å². The Balaban J connectivity index is 0.00000256. The smallest absolute Gasteiger partial charge is 0.242 e. The van der Waals surface area contributed by atoms with Gasteiger partial charge in [0.2, 0.25) is 10.0 Å². The molecule has 17 heavy (non-hydrogen) atoms. The van der Waals surface area contributed by atoms with Crippen LogP contribution >= 0.6 is 28.3 Å². The zero-order chi connectivity index (χ0) is 12.2. The van der Waals surface area contributed by atoms with Gasteiger partial charge in [0.05, 0.1) is 4.90 Å². The van der Waals surface area contributed by atoms with Crippen molar-refractivity contribution < 1.29 is 8.42 Å². The van der Waals surface area contributed by atoms with Crippen LogP contribution in [-0.4, -0.2) is 39.9 Å². The van der Waals surface area contributed by atoms with E-state index in [1.807, 2.05) is 0 Å². The van der Waals surface area contributed by atoms with Crippen LogP contribution in [0, 0.1) is 0 Å². The first-order valence-electron chi connectivity index (χ1n) is 4.85. The van der Waals surface area contributed by atoms with Crippen molar-refractivity contribution in [1.29, 1.82) is 0 Å². The minimum atomic E-state index is -3.36. The van der Waals surface area contributed by atoms with Crippen LogP contribution in [-0.2, 0) is 10.0 Å². The van der Waals surface area contributed by atoms with Gasteiger partial charge in [0, 0.05) is 24.6 Å². The van der Waals surface area contributed by atoms with Crippen molar-refractivity contribution in [2.24, 2.45) is 0 Å². The van der Waals surface area contributed by atoms with Crippen LogP contribution < -0.4 is 5.32 Å². The number of rotatable bonds is 5. The van der Waals surface area contributed by atoms with Crippen LogP contribution in [0.25, 0.3) is 0 Å². The Morgan fingerprint density at radius 1 is 1.29 bits per heavy atom. The van der Waals surface area contributed by atoms with Crippen molar-refractivity contribution in [2.75, 3.05) is 27.2 Å². The highest BCUT2D eigenvalue weighted by Crippen LogP contribution is 2.17. The van der Waals surface area contributed by atoms with Gasteiger partial charge in [-0.15, -0.1) is 12.4 Å². The molecule has 1 rings (SSSR count). The number of sulfonamides is 1. The molecule has 0 bridgehead atoms. The van der Waals surface area contributed by atoms with Crippen molar-refractivity contribution in [3.63, 3.8) is 0 Å². The Labute approximate surface area is 117 Å². The Morgan fingerprint density at radius 3 is 2.29 bits per heavy atom. The fraction of sp³-hybridized carbons (Fsp3) is 0.400. The highest BCUT2D eigenvalue weighted by atomic mass is 79.9. The zero-order valence-electron chi connectivity index (χ0n) is 9.68. The van der Waals surface area contributed by atoms with Crippen LogP contribution in [0.1, 0.15) is 0 Å². The lowest BCUT2D eigenvalue weighted by molar-refractivity contribution is 0.466. The highest BCUT2D eigenvalue weighted by molar-refractivity contribution is 9.10. The summed E-state index contributed by atoms with van der Waals surface area (Å²) in [4.78, 5) is 0.314. The fourth-order valence-electron chi connectivity index (χ4n) is 1.18. The summed E-state index contributed by atoms with van der Waals surface area (Å²) in [6, 6.07) is 6.63. The molecular weight excluding hydrogens is 328 g/mol. The quantitative estimate of drug-likeness (QED) is 0.885. The molecule has 0 radical (unpaired) electrons. The molecule has 0 amide bonds. The van der Waals surface area contributed by atoms with Gasteiger partial charge in [0.25, 0.3) is 0 Å². The second kappa shape index (κ2) is 7.33. The maximum atomic E-state index is 12.0. The Morgan fingerprint density at radius 2 is 1.82 bits per heavy atom. The Bertz CT molecular complexity index is 436. The van der Waals surface area contributed by atoms with E-state index in [0.29, 0.717) is 18.0 Å². The molecule has 0 aliphatic heterocycles. The van der Waals surface area contributed by atoms with Gasteiger partial charge in [0.1, 0.15) is 0 Å². The van der Waals surface area contributed by atoms with Gasteiger partial charge >= 0.3 is 0 Å². The molecule has 0 aliphatic carbocycles. The molecule has 1 aromatic carbocycles. The van der Waals surface area contributed by atoms with Gasteiger partial charge in [-0.1, -0.05) is 15.9 Å². The van der Waals surface area contributed by atoms with Crippen molar-refractivity contribution >= 4 is 38.4 Å². The van der Waals surface area contributed by atoms with Crippen LogP contribution in [0.15, 0.2) is 33.6 Å². The summed E-state index contributed by atoms with van der Waals surface area (Å²) in [5, 5.41) is 2.92. The lowest BCUT2D eigenvalue weighted by Crippen LogP contribution is -2.32. The van der Waals surface area contributed by atoms with Crippen molar-refractivity contribution in [3.05, 3.63) is 28.7 Å². The first-order chi connectivity index (χ1) is 7.48. The number of hydrogen-bond acceptors (Lipinski definition) is 3. The first kappa shape index (κ1) is 16.9. The molecule has 1 N–H and O–H groups in total. The molecule has 0 spiro atoms. The largest absolute Gasteiger partial charge is 0.318 e. The first-order valence-corrected chi connectivity index (χ1v) is 7.08. The molecule has 0 aromatic heterocycles. The Kier molecular flexibility index (Phi) is 7.27. The molecule has 98 valence electrons. The summed E-state index contributed by atoms with van der Waals surface area (Å²) < 4.78 is 26.3. The third-order valence-corrected chi connectivity index (χ3v) is 4.60. The summed E-state index contributed by atoms with van der Waals surface area (Å²) in [7, 11) is 0.0144. The normalized spacial score (nSPS) is 11.3. The molecule has 0 heterocycles. The minimum Gasteiger partial charge on any atom is -0.318 e.